The molecule has 0 spiro atoms. The van der Waals surface area contributed by atoms with Crippen molar-refractivity contribution in [2.75, 3.05) is 11.4 Å². The predicted octanol–water partition coefficient (Wildman–Crippen LogP) is 3.06. The van der Waals surface area contributed by atoms with E-state index in [-0.39, 0.29) is 49.2 Å². The van der Waals surface area contributed by atoms with Gasteiger partial charge in [0.2, 0.25) is 0 Å². The summed E-state index contributed by atoms with van der Waals surface area (Å²) in [4.78, 5) is 37.0. The molecule has 0 atom stereocenters. The van der Waals surface area contributed by atoms with Gasteiger partial charge in [0.1, 0.15) is 0 Å². The van der Waals surface area contributed by atoms with Crippen molar-refractivity contribution in [2.45, 2.75) is 4.90 Å². The molecule has 2 N–H and O–H groups in total. The first kappa shape index (κ1) is 21.7. The summed E-state index contributed by atoms with van der Waals surface area (Å²) in [6, 6.07) is 13.6. The average Bonchev–Trinajstić information content (AvgIpc) is 2.81. The molecule has 1 amide bonds. The number of rotatable bonds is 4. The molecule has 0 aromatic heterocycles. The van der Waals surface area contributed by atoms with Crippen LogP contribution in [-0.2, 0) is 10.0 Å². The summed E-state index contributed by atoms with van der Waals surface area (Å²) in [6.07, 6.45) is 0. The van der Waals surface area contributed by atoms with E-state index < -0.39 is 21.7 Å². The maximum absolute atomic E-state index is 13.2. The van der Waals surface area contributed by atoms with Crippen LogP contribution >= 0.6 is 11.6 Å². The topological polar surface area (TPSA) is 121 Å². The fourth-order valence-electron chi connectivity index (χ4n) is 3.45. The zero-order valence-corrected chi connectivity index (χ0v) is 18.1. The van der Waals surface area contributed by atoms with Gasteiger partial charge in [0.15, 0.2) is 11.6 Å². The second kappa shape index (κ2) is 7.86. The van der Waals surface area contributed by atoms with Crippen molar-refractivity contribution in [1.29, 1.82) is 0 Å². The Bertz CT molecular complexity index is 1400. The first-order chi connectivity index (χ1) is 15.1. The number of amides is 1. The molecule has 3 aromatic rings. The van der Waals surface area contributed by atoms with Crippen molar-refractivity contribution in [2.24, 2.45) is 0 Å². The summed E-state index contributed by atoms with van der Waals surface area (Å²) < 4.78 is 27.3. The maximum atomic E-state index is 13.2. The van der Waals surface area contributed by atoms with Gasteiger partial charge in [-0.2, -0.15) is 0 Å². The normalized spacial score (nSPS) is 12.7. The van der Waals surface area contributed by atoms with Crippen LogP contribution < -0.4 is 9.79 Å². The van der Waals surface area contributed by atoms with Gasteiger partial charge in [-0.15, -0.1) is 0 Å². The number of hydrogen-bond acceptors (Lipinski definition) is 6. The second-order valence-corrected chi connectivity index (χ2v) is 9.42. The zero-order valence-electron chi connectivity index (χ0n) is 16.5. The molecule has 0 aliphatic heterocycles. The van der Waals surface area contributed by atoms with Crippen molar-refractivity contribution in [3.63, 3.8) is 0 Å². The van der Waals surface area contributed by atoms with Crippen molar-refractivity contribution in [1.82, 2.24) is 5.48 Å². The van der Waals surface area contributed by atoms with E-state index in [9.17, 15) is 22.8 Å². The number of sulfonamides is 1. The van der Waals surface area contributed by atoms with Gasteiger partial charge in [0.05, 0.1) is 10.6 Å². The van der Waals surface area contributed by atoms with Gasteiger partial charge in [0, 0.05) is 39.9 Å². The molecule has 32 heavy (non-hydrogen) atoms. The number of hydroxylamine groups is 1. The average molecular weight is 471 g/mol. The molecule has 0 bridgehead atoms. The van der Waals surface area contributed by atoms with Crippen molar-refractivity contribution < 1.29 is 28.0 Å². The largest absolute Gasteiger partial charge is 0.289 e. The van der Waals surface area contributed by atoms with E-state index >= 15 is 0 Å². The van der Waals surface area contributed by atoms with Gasteiger partial charge in [-0.1, -0.05) is 11.6 Å². The summed E-state index contributed by atoms with van der Waals surface area (Å²) in [7, 11) is -2.78. The molecule has 8 nitrogen and oxygen atoms in total. The molecule has 1 aliphatic rings. The molecular formula is C22H15ClN2O6S. The second-order valence-electron chi connectivity index (χ2n) is 7.02. The molecule has 0 radical (unpaired) electrons. The molecule has 0 unspecified atom stereocenters. The Morgan fingerprint density at radius 1 is 0.875 bits per heavy atom. The number of nitrogens with zero attached hydrogens (tertiary/aromatic N) is 1. The van der Waals surface area contributed by atoms with Crippen LogP contribution in [0.25, 0.3) is 0 Å². The number of fused-ring (bicyclic) bond motifs is 2. The lowest BCUT2D eigenvalue weighted by Crippen LogP contribution is -2.28. The molecule has 0 saturated carbocycles. The van der Waals surface area contributed by atoms with Crippen LogP contribution in [0.1, 0.15) is 42.2 Å². The first-order valence-electron chi connectivity index (χ1n) is 9.21. The molecule has 0 fully saturated rings. The molecule has 1 aliphatic carbocycles. The van der Waals surface area contributed by atoms with E-state index in [1.165, 1.54) is 73.2 Å². The summed E-state index contributed by atoms with van der Waals surface area (Å²) in [5.41, 5.74) is 2.31. The number of benzene rings is 3. The van der Waals surface area contributed by atoms with E-state index in [1.807, 2.05) is 0 Å². The van der Waals surface area contributed by atoms with Crippen LogP contribution in [0, 0.1) is 0 Å². The number of anilines is 1. The molecular weight excluding hydrogens is 456 g/mol. The number of nitrogens with one attached hydrogen (secondary N) is 1. The van der Waals surface area contributed by atoms with Gasteiger partial charge in [-0.25, -0.2) is 13.9 Å². The summed E-state index contributed by atoms with van der Waals surface area (Å²) >= 11 is 5.96. The quantitative estimate of drug-likeness (QED) is 0.349. The Balaban J connectivity index is 1.73. The monoisotopic (exact) mass is 470 g/mol. The zero-order chi connectivity index (χ0) is 23.2. The minimum Gasteiger partial charge on any atom is -0.289 e. The van der Waals surface area contributed by atoms with Gasteiger partial charge in [-0.05, 0) is 60.7 Å². The van der Waals surface area contributed by atoms with Crippen LogP contribution in [0.4, 0.5) is 5.69 Å². The molecule has 162 valence electrons. The number of ketones is 2. The Morgan fingerprint density at radius 3 is 2.06 bits per heavy atom. The summed E-state index contributed by atoms with van der Waals surface area (Å²) in [5.74, 6) is -1.61. The van der Waals surface area contributed by atoms with Crippen LogP contribution in [0.5, 0.6) is 0 Å². The molecule has 10 heteroatoms. The number of carbonyl (C=O) groups excluding carboxylic acids is 3. The van der Waals surface area contributed by atoms with Crippen LogP contribution in [-0.4, -0.2) is 38.1 Å². The fourth-order valence-corrected chi connectivity index (χ4v) is 4.84. The third kappa shape index (κ3) is 3.46. The SMILES string of the molecule is CN(c1ccc(C(=O)NO)cc1)S(=O)(=O)c1ccc2c(c1)C(=O)c1cc(Cl)ccc1C2=O. The van der Waals surface area contributed by atoms with Crippen LogP contribution in [0.3, 0.4) is 0 Å². The number of hydrogen-bond donors (Lipinski definition) is 2. The first-order valence-corrected chi connectivity index (χ1v) is 11.0. The van der Waals surface area contributed by atoms with E-state index in [4.69, 9.17) is 16.8 Å². The Kier molecular flexibility index (Phi) is 5.33. The summed E-state index contributed by atoms with van der Waals surface area (Å²) in [5, 5.41) is 8.98. The lowest BCUT2D eigenvalue weighted by atomic mass is 9.84. The van der Waals surface area contributed by atoms with Crippen molar-refractivity contribution in [3.05, 3.63) is 93.5 Å². The Labute approximate surface area is 188 Å². The van der Waals surface area contributed by atoms with E-state index in [0.717, 1.165) is 4.31 Å². The highest BCUT2D eigenvalue weighted by atomic mass is 35.5. The Morgan fingerprint density at radius 2 is 1.44 bits per heavy atom. The molecule has 4 rings (SSSR count). The predicted molar refractivity (Wildman–Crippen MR) is 116 cm³/mol. The van der Waals surface area contributed by atoms with Gasteiger partial charge in [0.25, 0.3) is 15.9 Å². The standard InChI is InChI=1S/C22H15ClN2O6S/c1-25(14-5-2-12(3-6-14)22(28)24-29)32(30,31)15-7-9-17-19(11-15)21(27)18-10-13(23)4-8-16(18)20(17)26/h2-11,29H,1H3,(H,24,28). The van der Waals surface area contributed by atoms with Crippen LogP contribution in [0.15, 0.2) is 65.6 Å². The maximum Gasteiger partial charge on any atom is 0.274 e. The van der Waals surface area contributed by atoms with Crippen LogP contribution in [0.2, 0.25) is 5.02 Å². The third-order valence-corrected chi connectivity index (χ3v) is 7.22. The van der Waals surface area contributed by atoms with Crippen molar-refractivity contribution >= 4 is 44.8 Å². The van der Waals surface area contributed by atoms with Gasteiger partial charge in [-0.3, -0.25) is 23.9 Å². The summed E-state index contributed by atoms with van der Waals surface area (Å²) in [6.45, 7) is 0. The smallest absolute Gasteiger partial charge is 0.274 e. The van der Waals surface area contributed by atoms with E-state index in [1.54, 1.807) is 0 Å². The highest BCUT2D eigenvalue weighted by molar-refractivity contribution is 7.92. The molecule has 3 aromatic carbocycles. The third-order valence-electron chi connectivity index (χ3n) is 5.20. The van der Waals surface area contributed by atoms with Gasteiger partial charge < -0.3 is 0 Å². The highest BCUT2D eigenvalue weighted by Crippen LogP contribution is 2.32. The van der Waals surface area contributed by atoms with E-state index in [2.05, 4.69) is 0 Å². The lowest BCUT2D eigenvalue weighted by molar-refractivity contribution is 0.0706. The number of halogens is 1. The lowest BCUT2D eigenvalue weighted by Gasteiger charge is -2.22. The fraction of sp³-hybridized carbons (Fsp3) is 0.0455. The van der Waals surface area contributed by atoms with Gasteiger partial charge >= 0.3 is 0 Å². The molecule has 0 heterocycles. The Hall–Kier alpha value is -3.53. The number of carbonyl (C=O) groups is 3. The van der Waals surface area contributed by atoms with Crippen molar-refractivity contribution in [3.8, 4) is 0 Å². The molecule has 0 saturated heterocycles. The minimum atomic E-state index is -4.10. The highest BCUT2D eigenvalue weighted by Gasteiger charge is 2.32. The van der Waals surface area contributed by atoms with E-state index in [0.29, 0.717) is 0 Å². The minimum absolute atomic E-state index is 0.0193.